The van der Waals surface area contributed by atoms with Gasteiger partial charge in [-0.3, -0.25) is 0 Å². The van der Waals surface area contributed by atoms with Gasteiger partial charge in [-0.25, -0.2) is 4.39 Å². The van der Waals surface area contributed by atoms with Crippen molar-refractivity contribution in [3.8, 4) is 11.5 Å². The number of nitrogens with one attached hydrogen (secondary N) is 1. The zero-order chi connectivity index (χ0) is 15.4. The molecule has 2 rings (SSSR count). The molecule has 2 aromatic rings. The van der Waals surface area contributed by atoms with Gasteiger partial charge in [0, 0.05) is 23.7 Å². The molecule has 0 saturated carbocycles. The van der Waals surface area contributed by atoms with Crippen molar-refractivity contribution in [3.63, 3.8) is 0 Å². The fourth-order valence-corrected chi connectivity index (χ4v) is 2.34. The maximum atomic E-state index is 13.0. The molecule has 0 aliphatic carbocycles. The first kappa shape index (κ1) is 15.3. The van der Waals surface area contributed by atoms with Crippen LogP contribution in [0.4, 0.5) is 4.39 Å². The largest absolute Gasteiger partial charge is 0.508 e. The van der Waals surface area contributed by atoms with Crippen LogP contribution in [0.2, 0.25) is 0 Å². The van der Waals surface area contributed by atoms with Crippen LogP contribution < -0.4 is 10.1 Å². The van der Waals surface area contributed by atoms with Crippen molar-refractivity contribution >= 4 is 0 Å². The standard InChI is InChI=1S/C17H20FNO2/c1-11(13-4-7-15(21-3)8-5-13)19-12(2)16-9-6-14(18)10-17(16)20/h4-12,19-20H,1-3H3. The number of hydrogen-bond donors (Lipinski definition) is 2. The first-order valence-corrected chi connectivity index (χ1v) is 6.89. The molecule has 2 unspecified atom stereocenters. The number of phenols is 1. The third kappa shape index (κ3) is 3.73. The molecule has 2 atom stereocenters. The number of halogens is 1. The average molecular weight is 289 g/mol. The summed E-state index contributed by atoms with van der Waals surface area (Å²) in [6, 6.07) is 11.9. The molecule has 0 spiro atoms. The van der Waals surface area contributed by atoms with E-state index in [2.05, 4.69) is 5.32 Å². The first-order chi connectivity index (χ1) is 10.0. The highest BCUT2D eigenvalue weighted by atomic mass is 19.1. The number of benzene rings is 2. The molecule has 0 bridgehead atoms. The Bertz CT molecular complexity index is 598. The van der Waals surface area contributed by atoms with Gasteiger partial charge in [0.05, 0.1) is 7.11 Å². The third-order valence-electron chi connectivity index (χ3n) is 3.57. The zero-order valence-corrected chi connectivity index (χ0v) is 12.4. The molecule has 0 radical (unpaired) electrons. The van der Waals surface area contributed by atoms with E-state index in [9.17, 15) is 9.50 Å². The lowest BCUT2D eigenvalue weighted by Crippen LogP contribution is -2.22. The highest BCUT2D eigenvalue weighted by Gasteiger charge is 2.14. The van der Waals surface area contributed by atoms with E-state index in [0.29, 0.717) is 5.56 Å². The quantitative estimate of drug-likeness (QED) is 0.875. The highest BCUT2D eigenvalue weighted by Crippen LogP contribution is 2.27. The minimum Gasteiger partial charge on any atom is -0.508 e. The van der Waals surface area contributed by atoms with Crippen molar-refractivity contribution in [1.82, 2.24) is 5.32 Å². The summed E-state index contributed by atoms with van der Waals surface area (Å²) in [5.41, 5.74) is 1.79. The number of hydrogen-bond acceptors (Lipinski definition) is 3. The van der Waals surface area contributed by atoms with E-state index in [0.717, 1.165) is 17.4 Å². The van der Waals surface area contributed by atoms with Gasteiger partial charge in [-0.2, -0.15) is 0 Å². The Morgan fingerprint density at radius 3 is 2.29 bits per heavy atom. The van der Waals surface area contributed by atoms with Crippen LogP contribution in [-0.4, -0.2) is 12.2 Å². The summed E-state index contributed by atoms with van der Waals surface area (Å²) in [5, 5.41) is 13.2. The van der Waals surface area contributed by atoms with Gasteiger partial charge in [0.15, 0.2) is 0 Å². The van der Waals surface area contributed by atoms with E-state index in [1.165, 1.54) is 6.07 Å². The number of ether oxygens (including phenoxy) is 1. The van der Waals surface area contributed by atoms with E-state index in [1.54, 1.807) is 13.2 Å². The second-order valence-corrected chi connectivity index (χ2v) is 5.09. The molecular formula is C17H20FNO2. The Hall–Kier alpha value is -2.07. The fourth-order valence-electron chi connectivity index (χ4n) is 2.34. The molecule has 0 aliphatic heterocycles. The van der Waals surface area contributed by atoms with Gasteiger partial charge < -0.3 is 15.2 Å². The summed E-state index contributed by atoms with van der Waals surface area (Å²) in [5.74, 6) is 0.346. The predicted molar refractivity (Wildman–Crippen MR) is 81.0 cm³/mol. The lowest BCUT2D eigenvalue weighted by Gasteiger charge is -2.21. The van der Waals surface area contributed by atoms with Gasteiger partial charge in [-0.05, 0) is 37.6 Å². The van der Waals surface area contributed by atoms with Gasteiger partial charge in [-0.1, -0.05) is 18.2 Å². The second-order valence-electron chi connectivity index (χ2n) is 5.09. The van der Waals surface area contributed by atoms with E-state index in [4.69, 9.17) is 4.74 Å². The third-order valence-corrected chi connectivity index (χ3v) is 3.57. The van der Waals surface area contributed by atoms with Gasteiger partial charge in [0.1, 0.15) is 17.3 Å². The molecule has 0 heterocycles. The fraction of sp³-hybridized carbons (Fsp3) is 0.294. The normalized spacial score (nSPS) is 13.7. The maximum Gasteiger partial charge on any atom is 0.126 e. The number of phenolic OH excluding ortho intramolecular Hbond substituents is 1. The van der Waals surface area contributed by atoms with Crippen LogP contribution in [0.1, 0.15) is 37.1 Å². The van der Waals surface area contributed by atoms with Gasteiger partial charge >= 0.3 is 0 Å². The Balaban J connectivity index is 2.08. The maximum absolute atomic E-state index is 13.0. The van der Waals surface area contributed by atoms with Gasteiger partial charge in [0.25, 0.3) is 0 Å². The molecular weight excluding hydrogens is 269 g/mol. The van der Waals surface area contributed by atoms with Crippen molar-refractivity contribution in [2.24, 2.45) is 0 Å². The van der Waals surface area contributed by atoms with Crippen LogP contribution in [0.15, 0.2) is 42.5 Å². The second kappa shape index (κ2) is 6.59. The van der Waals surface area contributed by atoms with Crippen LogP contribution in [0.25, 0.3) is 0 Å². The first-order valence-electron chi connectivity index (χ1n) is 6.89. The van der Waals surface area contributed by atoms with Crippen molar-refractivity contribution in [2.45, 2.75) is 25.9 Å². The smallest absolute Gasteiger partial charge is 0.126 e. The van der Waals surface area contributed by atoms with Crippen molar-refractivity contribution in [2.75, 3.05) is 7.11 Å². The van der Waals surface area contributed by atoms with E-state index >= 15 is 0 Å². The number of aromatic hydroxyl groups is 1. The zero-order valence-electron chi connectivity index (χ0n) is 12.4. The molecule has 112 valence electrons. The SMILES string of the molecule is COc1ccc(C(C)NC(C)c2ccc(F)cc2O)cc1. The number of methoxy groups -OCH3 is 1. The molecule has 2 N–H and O–H groups in total. The summed E-state index contributed by atoms with van der Waals surface area (Å²) < 4.78 is 18.2. The summed E-state index contributed by atoms with van der Waals surface area (Å²) in [4.78, 5) is 0. The number of rotatable bonds is 5. The molecule has 2 aromatic carbocycles. The van der Waals surface area contributed by atoms with Crippen LogP contribution in [0, 0.1) is 5.82 Å². The van der Waals surface area contributed by atoms with E-state index in [-0.39, 0.29) is 17.8 Å². The minimum absolute atomic E-state index is 0.0306. The molecule has 4 heteroatoms. The van der Waals surface area contributed by atoms with Crippen molar-refractivity contribution in [3.05, 3.63) is 59.4 Å². The Morgan fingerprint density at radius 1 is 1.05 bits per heavy atom. The monoisotopic (exact) mass is 289 g/mol. The topological polar surface area (TPSA) is 41.5 Å². The minimum atomic E-state index is -0.438. The Labute approximate surface area is 124 Å². The molecule has 0 fully saturated rings. The van der Waals surface area contributed by atoms with Crippen LogP contribution in [0.3, 0.4) is 0 Å². The Morgan fingerprint density at radius 2 is 1.71 bits per heavy atom. The predicted octanol–water partition coefficient (Wildman–Crippen LogP) is 3.95. The van der Waals surface area contributed by atoms with Crippen LogP contribution in [-0.2, 0) is 0 Å². The van der Waals surface area contributed by atoms with Crippen LogP contribution >= 0.6 is 0 Å². The van der Waals surface area contributed by atoms with E-state index < -0.39 is 5.82 Å². The lowest BCUT2D eigenvalue weighted by atomic mass is 10.0. The molecule has 0 aromatic heterocycles. The molecule has 3 nitrogen and oxygen atoms in total. The van der Waals surface area contributed by atoms with Crippen molar-refractivity contribution < 1.29 is 14.2 Å². The highest BCUT2D eigenvalue weighted by molar-refractivity contribution is 5.35. The van der Waals surface area contributed by atoms with E-state index in [1.807, 2.05) is 38.1 Å². The summed E-state index contributed by atoms with van der Waals surface area (Å²) in [6.45, 7) is 3.98. The van der Waals surface area contributed by atoms with Crippen LogP contribution in [0.5, 0.6) is 11.5 Å². The molecule has 0 saturated heterocycles. The summed E-state index contributed by atoms with van der Waals surface area (Å²) >= 11 is 0. The van der Waals surface area contributed by atoms with Gasteiger partial charge in [-0.15, -0.1) is 0 Å². The summed E-state index contributed by atoms with van der Waals surface area (Å²) in [7, 11) is 1.63. The molecule has 0 amide bonds. The molecule has 0 aliphatic rings. The molecule has 21 heavy (non-hydrogen) atoms. The summed E-state index contributed by atoms with van der Waals surface area (Å²) in [6.07, 6.45) is 0. The average Bonchev–Trinajstić information content (AvgIpc) is 2.47. The Kier molecular flexibility index (Phi) is 4.81. The van der Waals surface area contributed by atoms with Gasteiger partial charge in [0.2, 0.25) is 0 Å². The van der Waals surface area contributed by atoms with Crippen molar-refractivity contribution in [1.29, 1.82) is 0 Å². The lowest BCUT2D eigenvalue weighted by molar-refractivity contribution is 0.413.